The van der Waals surface area contributed by atoms with Gasteiger partial charge in [-0.3, -0.25) is 0 Å². The third kappa shape index (κ3) is 4.80. The van der Waals surface area contributed by atoms with Gasteiger partial charge in [0.2, 0.25) is 0 Å². The fourth-order valence-electron chi connectivity index (χ4n) is 2.03. The van der Waals surface area contributed by atoms with E-state index in [1.54, 1.807) is 0 Å². The smallest absolute Gasteiger partial charge is 0.0607 e. The highest BCUT2D eigenvalue weighted by Gasteiger charge is 2.09. The number of aryl methyl sites for hydroxylation is 2. The Bertz CT molecular complexity index is 290. The van der Waals surface area contributed by atoms with Crippen LogP contribution in [0.2, 0.25) is 12.1 Å². The number of hydrogen-bond donors (Lipinski definition) is 0. The van der Waals surface area contributed by atoms with Crippen molar-refractivity contribution in [1.82, 2.24) is 0 Å². The lowest BCUT2D eigenvalue weighted by molar-refractivity contribution is 0.727. The maximum Gasteiger partial charge on any atom is 0.0607 e. The lowest BCUT2D eigenvalue weighted by Gasteiger charge is -2.15. The summed E-state index contributed by atoms with van der Waals surface area (Å²) in [4.78, 5) is 0. The first kappa shape index (κ1) is 13.2. The molecule has 0 aromatic heterocycles. The van der Waals surface area contributed by atoms with E-state index in [4.69, 9.17) is 0 Å². The molecule has 0 atom stereocenters. The molecule has 1 aliphatic rings. The molecule has 1 fully saturated rings. The Morgan fingerprint density at radius 2 is 1.50 bits per heavy atom. The molecule has 0 saturated carbocycles. The highest BCUT2D eigenvalue weighted by molar-refractivity contribution is 6.64. The Kier molecular flexibility index (Phi) is 6.17. The summed E-state index contributed by atoms with van der Waals surface area (Å²) in [5.41, 5.74) is 4.99. The van der Waals surface area contributed by atoms with Crippen LogP contribution in [0.15, 0.2) is 36.5 Å². The summed E-state index contributed by atoms with van der Waals surface area (Å²) in [7, 11) is -0.341. The van der Waals surface area contributed by atoms with Gasteiger partial charge in [0.25, 0.3) is 0 Å². The van der Waals surface area contributed by atoms with Crippen LogP contribution in [0.1, 0.15) is 30.4 Å². The second-order valence-electron chi connectivity index (χ2n) is 4.72. The average Bonchev–Trinajstić information content (AvgIpc) is 2.35. The fraction of sp³-hybridized carbons (Fsp3) is 0.467. The van der Waals surface area contributed by atoms with Crippen LogP contribution in [0.4, 0.5) is 0 Å². The van der Waals surface area contributed by atoms with Crippen LogP contribution in [0, 0.1) is 13.8 Å². The zero-order valence-corrected chi connectivity index (χ0v) is 11.9. The maximum absolute atomic E-state index is 3.85. The molecular formula is C15H24Si. The summed E-state index contributed by atoms with van der Waals surface area (Å²) in [5, 5.41) is 0. The van der Waals surface area contributed by atoms with Crippen LogP contribution in [-0.4, -0.2) is 8.80 Å². The normalized spacial score (nSPS) is 16.1. The van der Waals surface area contributed by atoms with Gasteiger partial charge in [0.15, 0.2) is 0 Å². The molecule has 1 saturated heterocycles. The molecule has 0 nitrogen and oxygen atoms in total. The predicted molar refractivity (Wildman–Crippen MR) is 76.7 cm³/mol. The van der Waals surface area contributed by atoms with Crippen molar-refractivity contribution in [1.29, 1.82) is 0 Å². The molecule has 1 heterocycles. The van der Waals surface area contributed by atoms with Crippen LogP contribution >= 0.6 is 0 Å². The van der Waals surface area contributed by atoms with Gasteiger partial charge in [-0.15, -0.1) is 12.3 Å². The second kappa shape index (κ2) is 7.45. The molecule has 2 rings (SSSR count). The quantitative estimate of drug-likeness (QED) is 0.629. The van der Waals surface area contributed by atoms with E-state index in [0.717, 1.165) is 0 Å². The summed E-state index contributed by atoms with van der Waals surface area (Å²) in [6.45, 7) is 8.09. The van der Waals surface area contributed by atoms with Gasteiger partial charge in [0, 0.05) is 0 Å². The van der Waals surface area contributed by atoms with E-state index in [1.165, 1.54) is 42.5 Å². The zero-order valence-electron chi connectivity index (χ0n) is 10.7. The molecular weight excluding hydrogens is 208 g/mol. The van der Waals surface area contributed by atoms with Gasteiger partial charge in [-0.1, -0.05) is 55.6 Å². The van der Waals surface area contributed by atoms with Crippen molar-refractivity contribution in [3.63, 3.8) is 0 Å². The van der Waals surface area contributed by atoms with Gasteiger partial charge < -0.3 is 0 Å². The summed E-state index contributed by atoms with van der Waals surface area (Å²) < 4.78 is 0. The first-order chi connectivity index (χ1) is 7.74. The van der Waals surface area contributed by atoms with Gasteiger partial charge in [0.05, 0.1) is 8.80 Å². The summed E-state index contributed by atoms with van der Waals surface area (Å²) in [6.07, 6.45) is 4.46. The molecule has 16 heavy (non-hydrogen) atoms. The van der Waals surface area contributed by atoms with E-state index < -0.39 is 0 Å². The Balaban J connectivity index is 0.000000160. The van der Waals surface area contributed by atoms with Gasteiger partial charge in [-0.2, -0.15) is 0 Å². The van der Waals surface area contributed by atoms with Crippen LogP contribution in [0.5, 0.6) is 0 Å². The van der Waals surface area contributed by atoms with Crippen molar-refractivity contribution < 1.29 is 0 Å². The number of rotatable bonds is 1. The van der Waals surface area contributed by atoms with Crippen molar-refractivity contribution in [2.75, 3.05) is 0 Å². The maximum atomic E-state index is 3.85. The molecule has 0 amide bonds. The minimum absolute atomic E-state index is 0.341. The molecule has 1 aromatic carbocycles. The van der Waals surface area contributed by atoms with Crippen molar-refractivity contribution in [2.45, 2.75) is 45.2 Å². The minimum Gasteiger partial charge on any atom is -0.107 e. The van der Waals surface area contributed by atoms with E-state index in [1.807, 2.05) is 0 Å². The monoisotopic (exact) mass is 232 g/mol. The van der Waals surface area contributed by atoms with Crippen molar-refractivity contribution in [3.05, 3.63) is 47.7 Å². The van der Waals surface area contributed by atoms with E-state index in [-0.39, 0.29) is 8.80 Å². The lowest BCUT2D eigenvalue weighted by atomic mass is 10.1. The number of hydrogen-bond acceptors (Lipinski definition) is 0. The van der Waals surface area contributed by atoms with Crippen LogP contribution in [-0.2, 0) is 0 Å². The van der Waals surface area contributed by atoms with E-state index in [9.17, 15) is 0 Å². The Morgan fingerprint density at radius 1 is 1.00 bits per heavy atom. The van der Waals surface area contributed by atoms with Gasteiger partial charge >= 0.3 is 0 Å². The molecule has 1 aromatic rings. The highest BCUT2D eigenvalue weighted by atomic mass is 28.3. The number of benzene rings is 1. The third-order valence-corrected chi connectivity index (χ3v) is 6.38. The lowest BCUT2D eigenvalue weighted by Crippen LogP contribution is -2.11. The van der Waals surface area contributed by atoms with Gasteiger partial charge in [0.1, 0.15) is 0 Å². The second-order valence-corrected chi connectivity index (χ2v) is 7.86. The van der Waals surface area contributed by atoms with Crippen molar-refractivity contribution >= 4 is 8.80 Å². The Labute approximate surface area is 102 Å². The molecule has 0 radical (unpaired) electrons. The fourth-order valence-corrected chi connectivity index (χ4v) is 4.42. The van der Waals surface area contributed by atoms with Crippen molar-refractivity contribution in [3.8, 4) is 0 Å². The molecule has 0 spiro atoms. The SMILES string of the molecule is C=C[SiH]1CCCCC1.Cc1ccccc1C. The van der Waals surface area contributed by atoms with Crippen molar-refractivity contribution in [2.24, 2.45) is 0 Å². The summed E-state index contributed by atoms with van der Waals surface area (Å²) in [5.74, 6) is 0. The molecule has 1 aliphatic heterocycles. The van der Waals surface area contributed by atoms with E-state index in [0.29, 0.717) is 0 Å². The van der Waals surface area contributed by atoms with Crippen LogP contribution in [0.3, 0.4) is 0 Å². The van der Waals surface area contributed by atoms with Crippen LogP contribution < -0.4 is 0 Å². The average molecular weight is 232 g/mol. The molecule has 1 heteroatoms. The molecule has 0 aliphatic carbocycles. The standard InChI is InChI=1S/C8H10.C7H14Si/c1-7-5-3-4-6-8(7)2;1-2-8-6-4-3-5-7-8/h3-6H,1-2H3;2,8H,1,3-7H2. The highest BCUT2D eigenvalue weighted by Crippen LogP contribution is 2.18. The van der Waals surface area contributed by atoms with E-state index in [2.05, 4.69) is 50.4 Å². The Hall–Kier alpha value is -0.823. The molecule has 0 unspecified atom stereocenters. The Morgan fingerprint density at radius 3 is 1.81 bits per heavy atom. The van der Waals surface area contributed by atoms with E-state index >= 15 is 0 Å². The largest absolute Gasteiger partial charge is 0.107 e. The van der Waals surface area contributed by atoms with Crippen LogP contribution in [0.25, 0.3) is 0 Å². The molecule has 0 bridgehead atoms. The predicted octanol–water partition coefficient (Wildman–Crippen LogP) is 4.43. The zero-order chi connectivity index (χ0) is 11.8. The van der Waals surface area contributed by atoms with Gasteiger partial charge in [-0.25, -0.2) is 0 Å². The molecule has 0 N–H and O–H groups in total. The molecule has 88 valence electrons. The topological polar surface area (TPSA) is 0 Å². The summed E-state index contributed by atoms with van der Waals surface area (Å²) in [6, 6.07) is 11.4. The van der Waals surface area contributed by atoms with Gasteiger partial charge in [-0.05, 0) is 25.0 Å². The first-order valence-electron chi connectivity index (χ1n) is 6.39. The third-order valence-electron chi connectivity index (χ3n) is 3.41. The summed E-state index contributed by atoms with van der Waals surface area (Å²) >= 11 is 0. The first-order valence-corrected chi connectivity index (χ1v) is 8.69. The minimum atomic E-state index is -0.341.